The highest BCUT2D eigenvalue weighted by molar-refractivity contribution is 5.86. The lowest BCUT2D eigenvalue weighted by atomic mass is 10.3. The summed E-state index contributed by atoms with van der Waals surface area (Å²) in [5.41, 5.74) is 6.48. The van der Waals surface area contributed by atoms with E-state index in [9.17, 15) is 4.79 Å². The molecule has 3 rings (SSSR count). The Morgan fingerprint density at radius 1 is 1.17 bits per heavy atom. The summed E-state index contributed by atoms with van der Waals surface area (Å²) in [6.45, 7) is 1.60. The van der Waals surface area contributed by atoms with Crippen LogP contribution in [0.2, 0.25) is 0 Å². The van der Waals surface area contributed by atoms with Crippen LogP contribution < -0.4 is 11.1 Å². The van der Waals surface area contributed by atoms with E-state index in [-0.39, 0.29) is 30.1 Å². The molecular formula is C16H15N5O3. The number of ether oxygens (including phenoxy) is 1. The zero-order chi connectivity index (χ0) is 16.9. The number of carbonyl (C=O) groups is 1. The summed E-state index contributed by atoms with van der Waals surface area (Å²) in [5, 5.41) is 3.01. The molecule has 3 aromatic rings. The van der Waals surface area contributed by atoms with Crippen molar-refractivity contribution in [1.82, 2.24) is 15.0 Å². The number of esters is 1. The van der Waals surface area contributed by atoms with Crippen LogP contribution in [0.3, 0.4) is 0 Å². The number of anilines is 3. The maximum absolute atomic E-state index is 11.9. The molecule has 0 saturated heterocycles. The number of aryl methyl sites for hydroxylation is 1. The average Bonchev–Trinajstić information content (AvgIpc) is 3.00. The van der Waals surface area contributed by atoms with E-state index >= 15 is 0 Å². The third-order valence-corrected chi connectivity index (χ3v) is 3.00. The van der Waals surface area contributed by atoms with E-state index in [1.54, 1.807) is 19.1 Å². The number of hydrogen-bond acceptors (Lipinski definition) is 8. The minimum absolute atomic E-state index is 0.0309. The van der Waals surface area contributed by atoms with Gasteiger partial charge in [-0.25, -0.2) is 4.79 Å². The molecule has 0 amide bonds. The van der Waals surface area contributed by atoms with Crippen molar-refractivity contribution in [1.29, 1.82) is 0 Å². The van der Waals surface area contributed by atoms with Crippen molar-refractivity contribution in [3.8, 4) is 0 Å². The zero-order valence-corrected chi connectivity index (χ0v) is 12.9. The van der Waals surface area contributed by atoms with Crippen LogP contribution in [0.5, 0.6) is 0 Å². The maximum Gasteiger partial charge on any atom is 0.374 e. The smallest absolute Gasteiger partial charge is 0.374 e. The Labute approximate surface area is 137 Å². The van der Waals surface area contributed by atoms with E-state index in [2.05, 4.69) is 20.3 Å². The minimum Gasteiger partial charge on any atom is -0.454 e. The van der Waals surface area contributed by atoms with Gasteiger partial charge in [-0.1, -0.05) is 18.2 Å². The van der Waals surface area contributed by atoms with Crippen LogP contribution in [0.25, 0.3) is 0 Å². The number of aromatic nitrogens is 3. The lowest BCUT2D eigenvalue weighted by molar-refractivity contribution is 0.0424. The molecule has 0 bridgehead atoms. The summed E-state index contributed by atoms with van der Waals surface area (Å²) in [5.74, 6) is 0.687. The van der Waals surface area contributed by atoms with E-state index in [0.29, 0.717) is 5.76 Å². The molecule has 122 valence electrons. The molecule has 2 heterocycles. The third-order valence-electron chi connectivity index (χ3n) is 3.00. The Balaban J connectivity index is 1.68. The van der Waals surface area contributed by atoms with Gasteiger partial charge in [-0.05, 0) is 31.2 Å². The van der Waals surface area contributed by atoms with Gasteiger partial charge < -0.3 is 20.2 Å². The van der Waals surface area contributed by atoms with Crippen LogP contribution in [0.15, 0.2) is 46.9 Å². The number of nitrogens with one attached hydrogen (secondary N) is 1. The molecule has 3 N–H and O–H groups in total. The zero-order valence-electron chi connectivity index (χ0n) is 12.9. The summed E-state index contributed by atoms with van der Waals surface area (Å²) in [6.07, 6.45) is 0. The van der Waals surface area contributed by atoms with E-state index in [1.807, 2.05) is 30.3 Å². The Morgan fingerprint density at radius 3 is 2.67 bits per heavy atom. The molecule has 2 aromatic heterocycles. The van der Waals surface area contributed by atoms with Crippen LogP contribution in [0, 0.1) is 6.92 Å². The highest BCUT2D eigenvalue weighted by Crippen LogP contribution is 2.13. The van der Waals surface area contributed by atoms with Crippen molar-refractivity contribution < 1.29 is 13.9 Å². The van der Waals surface area contributed by atoms with Crippen molar-refractivity contribution in [2.24, 2.45) is 0 Å². The summed E-state index contributed by atoms with van der Waals surface area (Å²) < 4.78 is 10.3. The van der Waals surface area contributed by atoms with Crippen molar-refractivity contribution in [2.45, 2.75) is 13.5 Å². The summed E-state index contributed by atoms with van der Waals surface area (Å²) in [6, 6.07) is 12.6. The summed E-state index contributed by atoms with van der Waals surface area (Å²) in [4.78, 5) is 24.0. The van der Waals surface area contributed by atoms with E-state index in [1.165, 1.54) is 0 Å². The number of rotatable bonds is 5. The molecule has 0 radical (unpaired) electrons. The third kappa shape index (κ3) is 3.86. The van der Waals surface area contributed by atoms with E-state index in [0.717, 1.165) is 5.69 Å². The van der Waals surface area contributed by atoms with Gasteiger partial charge in [0.25, 0.3) is 0 Å². The Morgan fingerprint density at radius 2 is 1.96 bits per heavy atom. The minimum atomic E-state index is -0.598. The Hall–Kier alpha value is -3.42. The van der Waals surface area contributed by atoms with Crippen molar-refractivity contribution in [3.63, 3.8) is 0 Å². The second-order valence-corrected chi connectivity index (χ2v) is 4.91. The van der Waals surface area contributed by atoms with Crippen molar-refractivity contribution in [2.75, 3.05) is 11.1 Å². The fraction of sp³-hybridized carbons (Fsp3) is 0.125. The molecule has 8 nitrogen and oxygen atoms in total. The molecule has 0 aliphatic heterocycles. The van der Waals surface area contributed by atoms with Gasteiger partial charge in [0.2, 0.25) is 17.7 Å². The molecule has 0 atom stereocenters. The number of para-hydroxylation sites is 1. The molecule has 0 aliphatic rings. The standard InChI is InChI=1S/C16H15N5O3/c1-10-7-8-12(24-10)14(22)23-9-13-19-15(17)21-16(20-13)18-11-5-3-2-4-6-11/h2-8H,9H2,1H3,(H3,17,18,19,20,21). The monoisotopic (exact) mass is 325 g/mol. The van der Waals surface area contributed by atoms with Crippen molar-refractivity contribution >= 4 is 23.6 Å². The predicted octanol–water partition coefficient (Wildman–Crippen LogP) is 2.46. The molecule has 24 heavy (non-hydrogen) atoms. The first-order valence-electron chi connectivity index (χ1n) is 7.16. The van der Waals surface area contributed by atoms with E-state index < -0.39 is 5.97 Å². The average molecular weight is 325 g/mol. The Kier molecular flexibility index (Phi) is 4.37. The molecule has 0 spiro atoms. The maximum atomic E-state index is 11.9. The normalized spacial score (nSPS) is 10.4. The number of nitrogen functional groups attached to an aromatic ring is 1. The van der Waals surface area contributed by atoms with Gasteiger partial charge in [-0.2, -0.15) is 15.0 Å². The van der Waals surface area contributed by atoms with Gasteiger partial charge in [0.05, 0.1) is 0 Å². The fourth-order valence-electron chi connectivity index (χ4n) is 1.95. The van der Waals surface area contributed by atoms with Gasteiger partial charge in [-0.15, -0.1) is 0 Å². The first-order valence-corrected chi connectivity index (χ1v) is 7.16. The first kappa shape index (κ1) is 15.5. The van der Waals surface area contributed by atoms with Crippen LogP contribution in [0.1, 0.15) is 22.1 Å². The second kappa shape index (κ2) is 6.78. The number of benzene rings is 1. The lowest BCUT2D eigenvalue weighted by Crippen LogP contribution is -2.10. The van der Waals surface area contributed by atoms with Crippen LogP contribution in [-0.2, 0) is 11.3 Å². The molecule has 1 aromatic carbocycles. The predicted molar refractivity (Wildman–Crippen MR) is 86.5 cm³/mol. The molecule has 8 heteroatoms. The summed E-state index contributed by atoms with van der Waals surface area (Å²) in [7, 11) is 0. The van der Waals surface area contributed by atoms with Crippen LogP contribution >= 0.6 is 0 Å². The molecule has 0 unspecified atom stereocenters. The van der Waals surface area contributed by atoms with E-state index in [4.69, 9.17) is 14.9 Å². The first-order chi connectivity index (χ1) is 11.6. The highest BCUT2D eigenvalue weighted by Gasteiger charge is 2.13. The summed E-state index contributed by atoms with van der Waals surface area (Å²) >= 11 is 0. The quantitative estimate of drug-likeness (QED) is 0.687. The van der Waals surface area contributed by atoms with Gasteiger partial charge in [-0.3, -0.25) is 0 Å². The number of furan rings is 1. The number of nitrogens with zero attached hydrogens (tertiary/aromatic N) is 3. The van der Waals surface area contributed by atoms with Crippen LogP contribution in [-0.4, -0.2) is 20.9 Å². The van der Waals surface area contributed by atoms with Gasteiger partial charge in [0.15, 0.2) is 12.4 Å². The Bertz CT molecular complexity index is 848. The number of nitrogens with two attached hydrogens (primary N) is 1. The highest BCUT2D eigenvalue weighted by atomic mass is 16.5. The fourth-order valence-corrected chi connectivity index (χ4v) is 1.95. The molecule has 0 saturated carbocycles. The second-order valence-electron chi connectivity index (χ2n) is 4.91. The molecular weight excluding hydrogens is 310 g/mol. The van der Waals surface area contributed by atoms with Gasteiger partial charge in [0.1, 0.15) is 5.76 Å². The number of hydrogen-bond donors (Lipinski definition) is 2. The SMILES string of the molecule is Cc1ccc(C(=O)OCc2nc(N)nc(Nc3ccccc3)n2)o1. The van der Waals surface area contributed by atoms with Crippen LogP contribution in [0.4, 0.5) is 17.6 Å². The molecule has 0 aliphatic carbocycles. The van der Waals surface area contributed by atoms with Gasteiger partial charge >= 0.3 is 5.97 Å². The van der Waals surface area contributed by atoms with Crippen molar-refractivity contribution in [3.05, 3.63) is 59.8 Å². The number of carbonyl (C=O) groups excluding carboxylic acids is 1. The molecule has 0 fully saturated rings. The van der Waals surface area contributed by atoms with Gasteiger partial charge in [0, 0.05) is 5.69 Å². The lowest BCUT2D eigenvalue weighted by Gasteiger charge is -2.07. The topological polar surface area (TPSA) is 116 Å². The largest absolute Gasteiger partial charge is 0.454 e.